The number of aliphatic hydroxyl groups excluding tert-OH is 1. The molecule has 2 saturated carbocycles. The lowest BCUT2D eigenvalue weighted by molar-refractivity contribution is -0.137. The van der Waals surface area contributed by atoms with Crippen LogP contribution in [0.2, 0.25) is 0 Å². The molecule has 0 aromatic carbocycles. The first kappa shape index (κ1) is 16.2. The van der Waals surface area contributed by atoms with E-state index >= 15 is 0 Å². The standard InChI is InChI=1S/C18H26N2O3/c1-13-2-5-15(6-3-13)20(16-7-8-16)18(22)12-23-17-9-4-14(11-21)19-10-17/h4,9-10,13,15-16,21H,2-3,5-8,11-12H2,1H3. The summed E-state index contributed by atoms with van der Waals surface area (Å²) in [6.07, 6.45) is 8.49. The van der Waals surface area contributed by atoms with Crippen LogP contribution >= 0.6 is 0 Å². The summed E-state index contributed by atoms with van der Waals surface area (Å²) in [5.74, 6) is 1.46. The lowest BCUT2D eigenvalue weighted by Crippen LogP contribution is -2.45. The van der Waals surface area contributed by atoms with Crippen molar-refractivity contribution in [2.45, 2.75) is 64.1 Å². The molecule has 1 aromatic heterocycles. The number of pyridine rings is 1. The van der Waals surface area contributed by atoms with Gasteiger partial charge < -0.3 is 14.7 Å². The smallest absolute Gasteiger partial charge is 0.261 e. The Bertz CT molecular complexity index is 520. The Balaban J connectivity index is 1.56. The molecule has 1 heterocycles. The van der Waals surface area contributed by atoms with Crippen LogP contribution in [-0.2, 0) is 11.4 Å². The molecule has 0 atom stereocenters. The Hall–Kier alpha value is -1.62. The fraction of sp³-hybridized carbons (Fsp3) is 0.667. The minimum absolute atomic E-state index is 0.0721. The van der Waals surface area contributed by atoms with Crippen LogP contribution in [0.4, 0.5) is 0 Å². The summed E-state index contributed by atoms with van der Waals surface area (Å²) in [6.45, 7) is 2.28. The Morgan fingerprint density at radius 3 is 2.39 bits per heavy atom. The monoisotopic (exact) mass is 318 g/mol. The highest BCUT2D eigenvalue weighted by Gasteiger charge is 2.38. The molecule has 2 aliphatic rings. The van der Waals surface area contributed by atoms with E-state index in [0.29, 0.717) is 23.5 Å². The lowest BCUT2D eigenvalue weighted by Gasteiger charge is -2.36. The fourth-order valence-corrected chi connectivity index (χ4v) is 3.39. The third kappa shape index (κ3) is 4.22. The van der Waals surface area contributed by atoms with Crippen LogP contribution in [0, 0.1) is 5.92 Å². The van der Waals surface area contributed by atoms with Gasteiger partial charge in [0.25, 0.3) is 5.91 Å². The average molecular weight is 318 g/mol. The molecule has 0 bridgehead atoms. The highest BCUT2D eigenvalue weighted by molar-refractivity contribution is 5.78. The van der Waals surface area contributed by atoms with Crippen molar-refractivity contribution in [3.05, 3.63) is 24.0 Å². The maximum Gasteiger partial charge on any atom is 0.261 e. The van der Waals surface area contributed by atoms with E-state index < -0.39 is 0 Å². The first-order valence-electron chi connectivity index (χ1n) is 8.67. The summed E-state index contributed by atoms with van der Waals surface area (Å²) < 4.78 is 5.60. The van der Waals surface area contributed by atoms with Crippen LogP contribution < -0.4 is 4.74 Å². The van der Waals surface area contributed by atoms with Crippen LogP contribution in [0.5, 0.6) is 5.75 Å². The predicted molar refractivity (Wildman–Crippen MR) is 86.9 cm³/mol. The van der Waals surface area contributed by atoms with Crippen molar-refractivity contribution < 1.29 is 14.6 Å². The number of aliphatic hydroxyl groups is 1. The number of nitrogens with zero attached hydrogens (tertiary/aromatic N) is 2. The Morgan fingerprint density at radius 2 is 1.87 bits per heavy atom. The summed E-state index contributed by atoms with van der Waals surface area (Å²) in [6, 6.07) is 4.28. The molecule has 0 aliphatic heterocycles. The molecule has 5 heteroatoms. The molecule has 2 aliphatic carbocycles. The zero-order valence-electron chi connectivity index (χ0n) is 13.8. The van der Waals surface area contributed by atoms with Gasteiger partial charge in [-0.05, 0) is 56.6 Å². The number of rotatable bonds is 6. The van der Waals surface area contributed by atoms with Crippen molar-refractivity contribution in [3.63, 3.8) is 0 Å². The van der Waals surface area contributed by atoms with Crippen molar-refractivity contribution in [2.24, 2.45) is 5.92 Å². The van der Waals surface area contributed by atoms with Gasteiger partial charge in [0.2, 0.25) is 0 Å². The van der Waals surface area contributed by atoms with E-state index in [4.69, 9.17) is 9.84 Å². The van der Waals surface area contributed by atoms with Gasteiger partial charge in [-0.25, -0.2) is 0 Å². The summed E-state index contributed by atoms with van der Waals surface area (Å²) in [5, 5.41) is 8.99. The Labute approximate surface area is 137 Å². The highest BCUT2D eigenvalue weighted by atomic mass is 16.5. The zero-order valence-corrected chi connectivity index (χ0v) is 13.8. The topological polar surface area (TPSA) is 62.7 Å². The van der Waals surface area contributed by atoms with Gasteiger partial charge in [0, 0.05) is 12.1 Å². The molecule has 0 radical (unpaired) electrons. The lowest BCUT2D eigenvalue weighted by atomic mass is 9.86. The molecule has 0 spiro atoms. The maximum absolute atomic E-state index is 12.6. The molecular weight excluding hydrogens is 292 g/mol. The van der Waals surface area contributed by atoms with Gasteiger partial charge in [-0.15, -0.1) is 0 Å². The van der Waals surface area contributed by atoms with E-state index in [2.05, 4.69) is 16.8 Å². The van der Waals surface area contributed by atoms with E-state index in [1.54, 1.807) is 18.3 Å². The van der Waals surface area contributed by atoms with Crippen molar-refractivity contribution in [1.82, 2.24) is 9.88 Å². The summed E-state index contributed by atoms with van der Waals surface area (Å²) in [5.41, 5.74) is 0.597. The minimum atomic E-state index is -0.0885. The number of ether oxygens (including phenoxy) is 1. The Kier molecular flexibility index (Phi) is 5.16. The maximum atomic E-state index is 12.6. The minimum Gasteiger partial charge on any atom is -0.482 e. The van der Waals surface area contributed by atoms with Crippen molar-refractivity contribution in [3.8, 4) is 5.75 Å². The second kappa shape index (κ2) is 7.30. The molecule has 23 heavy (non-hydrogen) atoms. The normalized spacial score (nSPS) is 24.3. The average Bonchev–Trinajstić information content (AvgIpc) is 3.40. The number of carbonyl (C=O) groups is 1. The third-order valence-electron chi connectivity index (χ3n) is 4.93. The van der Waals surface area contributed by atoms with Crippen molar-refractivity contribution >= 4 is 5.91 Å². The quantitative estimate of drug-likeness (QED) is 0.875. The van der Waals surface area contributed by atoms with E-state index in [1.165, 1.54) is 12.8 Å². The number of aromatic nitrogens is 1. The Morgan fingerprint density at radius 1 is 1.22 bits per heavy atom. The second-order valence-corrected chi connectivity index (χ2v) is 6.88. The van der Waals surface area contributed by atoms with Crippen LogP contribution in [0.15, 0.2) is 18.3 Å². The molecule has 3 rings (SSSR count). The SMILES string of the molecule is CC1CCC(N(C(=O)COc2ccc(CO)nc2)C2CC2)CC1. The van der Waals surface area contributed by atoms with E-state index in [0.717, 1.165) is 31.6 Å². The fourth-order valence-electron chi connectivity index (χ4n) is 3.39. The molecule has 1 N–H and O–H groups in total. The first-order chi connectivity index (χ1) is 11.2. The van der Waals surface area contributed by atoms with Crippen LogP contribution in [-0.4, -0.2) is 39.6 Å². The number of hydrogen-bond donors (Lipinski definition) is 1. The number of carbonyl (C=O) groups excluding carboxylic acids is 1. The van der Waals surface area contributed by atoms with E-state index in [-0.39, 0.29) is 19.1 Å². The predicted octanol–water partition coefficient (Wildman–Crippen LogP) is 2.52. The first-order valence-corrected chi connectivity index (χ1v) is 8.67. The number of amides is 1. The molecular formula is C18H26N2O3. The molecule has 1 amide bonds. The molecule has 1 aromatic rings. The molecule has 0 unspecified atom stereocenters. The van der Waals surface area contributed by atoms with Crippen LogP contribution in [0.25, 0.3) is 0 Å². The third-order valence-corrected chi connectivity index (χ3v) is 4.93. The summed E-state index contributed by atoms with van der Waals surface area (Å²) in [7, 11) is 0. The van der Waals surface area contributed by atoms with Crippen LogP contribution in [0.3, 0.4) is 0 Å². The van der Waals surface area contributed by atoms with Gasteiger partial charge in [-0.2, -0.15) is 0 Å². The number of hydrogen-bond acceptors (Lipinski definition) is 4. The molecule has 2 fully saturated rings. The van der Waals surface area contributed by atoms with Gasteiger partial charge in [0.05, 0.1) is 18.5 Å². The van der Waals surface area contributed by atoms with Gasteiger partial charge in [-0.1, -0.05) is 6.92 Å². The largest absolute Gasteiger partial charge is 0.482 e. The molecule has 5 nitrogen and oxygen atoms in total. The van der Waals surface area contributed by atoms with E-state index in [9.17, 15) is 4.79 Å². The van der Waals surface area contributed by atoms with Gasteiger partial charge in [0.1, 0.15) is 5.75 Å². The van der Waals surface area contributed by atoms with Gasteiger partial charge in [-0.3, -0.25) is 9.78 Å². The van der Waals surface area contributed by atoms with Gasteiger partial charge in [0.15, 0.2) is 6.61 Å². The summed E-state index contributed by atoms with van der Waals surface area (Å²) >= 11 is 0. The van der Waals surface area contributed by atoms with Crippen molar-refractivity contribution in [2.75, 3.05) is 6.61 Å². The second-order valence-electron chi connectivity index (χ2n) is 6.88. The van der Waals surface area contributed by atoms with Crippen molar-refractivity contribution in [1.29, 1.82) is 0 Å². The van der Waals surface area contributed by atoms with Gasteiger partial charge >= 0.3 is 0 Å². The van der Waals surface area contributed by atoms with E-state index in [1.807, 2.05) is 0 Å². The van der Waals surface area contributed by atoms with Crippen LogP contribution in [0.1, 0.15) is 51.1 Å². The highest BCUT2D eigenvalue weighted by Crippen LogP contribution is 2.35. The summed E-state index contributed by atoms with van der Waals surface area (Å²) in [4.78, 5) is 18.8. The molecule has 0 saturated heterocycles. The molecule has 126 valence electrons. The zero-order chi connectivity index (χ0) is 16.2.